The first kappa shape index (κ1) is 21.6. The lowest BCUT2D eigenvalue weighted by Gasteiger charge is -2.24. The molecule has 0 spiro atoms. The van der Waals surface area contributed by atoms with E-state index < -0.39 is 17.7 Å². The number of carbonyl (C=O) groups is 2. The molecule has 1 aliphatic rings. The molecule has 0 aliphatic carbocycles. The van der Waals surface area contributed by atoms with E-state index in [0.29, 0.717) is 38.5 Å². The summed E-state index contributed by atoms with van der Waals surface area (Å²) >= 11 is 8.65. The number of thiazole rings is 1. The van der Waals surface area contributed by atoms with Crippen LogP contribution in [0.2, 0.25) is 5.02 Å². The molecular formula is C24H17ClN2O4S2. The first-order valence-electron chi connectivity index (χ1n) is 10.1. The van der Waals surface area contributed by atoms with Crippen LogP contribution in [0.5, 0.6) is 5.75 Å². The van der Waals surface area contributed by atoms with Crippen molar-refractivity contribution in [1.29, 1.82) is 0 Å². The highest BCUT2D eigenvalue weighted by atomic mass is 35.5. The Balaban J connectivity index is 1.65. The van der Waals surface area contributed by atoms with E-state index in [1.807, 2.05) is 6.92 Å². The number of hydrogen-bond acceptors (Lipinski definition) is 7. The van der Waals surface area contributed by atoms with Gasteiger partial charge in [-0.25, -0.2) is 4.98 Å². The Morgan fingerprint density at radius 2 is 2.00 bits per heavy atom. The molecule has 4 aromatic rings. The number of anilines is 1. The van der Waals surface area contributed by atoms with Gasteiger partial charge in [-0.2, -0.15) is 0 Å². The topological polar surface area (TPSA) is 79.7 Å². The van der Waals surface area contributed by atoms with Gasteiger partial charge >= 0.3 is 0 Å². The quantitative estimate of drug-likeness (QED) is 0.322. The summed E-state index contributed by atoms with van der Waals surface area (Å²) in [5.74, 6) is -0.948. The lowest BCUT2D eigenvalue weighted by Crippen LogP contribution is -2.30. The smallest absolute Gasteiger partial charge is 0.296 e. The molecule has 166 valence electrons. The molecular weight excluding hydrogens is 480 g/mol. The van der Waals surface area contributed by atoms with Crippen molar-refractivity contribution in [3.05, 3.63) is 86.8 Å². The molecule has 9 heteroatoms. The van der Waals surface area contributed by atoms with Crippen LogP contribution in [0.4, 0.5) is 5.13 Å². The number of aromatic nitrogens is 1. The molecule has 33 heavy (non-hydrogen) atoms. The van der Waals surface area contributed by atoms with E-state index in [1.54, 1.807) is 60.0 Å². The highest BCUT2D eigenvalue weighted by Crippen LogP contribution is 2.44. The predicted octanol–water partition coefficient (Wildman–Crippen LogP) is 6.19. The Labute approximate surface area is 202 Å². The highest BCUT2D eigenvalue weighted by Gasteiger charge is 2.46. The van der Waals surface area contributed by atoms with Gasteiger partial charge in [0.15, 0.2) is 10.9 Å². The number of fused-ring (bicyclic) bond motifs is 1. The van der Waals surface area contributed by atoms with Crippen LogP contribution in [0.25, 0.3) is 10.2 Å². The van der Waals surface area contributed by atoms with Crippen molar-refractivity contribution < 1.29 is 19.4 Å². The van der Waals surface area contributed by atoms with Gasteiger partial charge in [0.2, 0.25) is 5.78 Å². The van der Waals surface area contributed by atoms with Gasteiger partial charge in [0.25, 0.3) is 5.91 Å². The maximum Gasteiger partial charge on any atom is 0.296 e. The number of amides is 1. The number of benzene rings is 2. The molecule has 1 aliphatic heterocycles. The van der Waals surface area contributed by atoms with Crippen molar-refractivity contribution >= 4 is 61.3 Å². The van der Waals surface area contributed by atoms with Crippen molar-refractivity contribution in [3.63, 3.8) is 0 Å². The van der Waals surface area contributed by atoms with Gasteiger partial charge in [-0.3, -0.25) is 14.5 Å². The summed E-state index contributed by atoms with van der Waals surface area (Å²) in [5.41, 5.74) is 1.37. The number of ketones is 1. The number of Topliss-reactive ketones (excluding diaryl/α,β-unsaturated/α-hetero) is 1. The van der Waals surface area contributed by atoms with Crippen LogP contribution >= 0.6 is 34.3 Å². The summed E-state index contributed by atoms with van der Waals surface area (Å²) < 4.78 is 6.33. The number of carbonyl (C=O) groups excluding carboxylic acids is 2. The SMILES string of the molecule is CCOc1ccc(C2C(C(=O)c3cccs3)=C(O)C(=O)N2c2nc3ccc(Cl)cc3s2)cc1. The van der Waals surface area contributed by atoms with E-state index in [4.69, 9.17) is 16.3 Å². The first-order valence-corrected chi connectivity index (χ1v) is 12.2. The van der Waals surface area contributed by atoms with Crippen LogP contribution in [0.3, 0.4) is 0 Å². The molecule has 5 rings (SSSR count). The summed E-state index contributed by atoms with van der Waals surface area (Å²) in [4.78, 5) is 33.1. The molecule has 3 heterocycles. The molecule has 2 aromatic heterocycles. The number of rotatable bonds is 6. The summed E-state index contributed by atoms with van der Waals surface area (Å²) in [6.45, 7) is 2.41. The molecule has 2 aromatic carbocycles. The zero-order valence-electron chi connectivity index (χ0n) is 17.3. The maximum absolute atomic E-state index is 13.4. The van der Waals surface area contributed by atoms with Gasteiger partial charge < -0.3 is 9.84 Å². The fourth-order valence-corrected chi connectivity index (χ4v) is 5.74. The lowest BCUT2D eigenvalue weighted by atomic mass is 9.95. The minimum absolute atomic E-state index is 0.0314. The zero-order valence-corrected chi connectivity index (χ0v) is 19.7. The number of halogens is 1. The number of thiophene rings is 1. The van der Waals surface area contributed by atoms with E-state index in [0.717, 1.165) is 4.70 Å². The summed E-state index contributed by atoms with van der Waals surface area (Å²) in [5, 5.41) is 13.6. The first-order chi connectivity index (χ1) is 16.0. The molecule has 1 N–H and O–H groups in total. The minimum Gasteiger partial charge on any atom is -0.503 e. The van der Waals surface area contributed by atoms with Gasteiger partial charge in [-0.05, 0) is 54.3 Å². The molecule has 1 unspecified atom stereocenters. The second-order valence-electron chi connectivity index (χ2n) is 7.26. The van der Waals surface area contributed by atoms with Gasteiger partial charge in [0.05, 0.1) is 33.3 Å². The second-order valence-corrected chi connectivity index (χ2v) is 9.65. The van der Waals surface area contributed by atoms with Gasteiger partial charge in [-0.15, -0.1) is 11.3 Å². The highest BCUT2D eigenvalue weighted by molar-refractivity contribution is 7.22. The Morgan fingerprint density at radius 1 is 1.21 bits per heavy atom. The maximum atomic E-state index is 13.4. The van der Waals surface area contributed by atoms with Crippen LogP contribution in [0, 0.1) is 0 Å². The molecule has 1 amide bonds. The summed E-state index contributed by atoms with van der Waals surface area (Å²) in [7, 11) is 0. The third kappa shape index (κ3) is 3.80. The monoisotopic (exact) mass is 496 g/mol. The number of nitrogens with zero attached hydrogens (tertiary/aromatic N) is 2. The van der Waals surface area contributed by atoms with E-state index in [9.17, 15) is 14.7 Å². The number of hydrogen-bond donors (Lipinski definition) is 1. The van der Waals surface area contributed by atoms with Crippen LogP contribution in [-0.2, 0) is 4.79 Å². The van der Waals surface area contributed by atoms with E-state index >= 15 is 0 Å². The molecule has 0 saturated heterocycles. The van der Waals surface area contributed by atoms with Crippen molar-refractivity contribution in [2.45, 2.75) is 13.0 Å². The van der Waals surface area contributed by atoms with Crippen LogP contribution in [0.1, 0.15) is 28.2 Å². The summed E-state index contributed by atoms with van der Waals surface area (Å²) in [6, 6.07) is 15.0. The van der Waals surface area contributed by atoms with E-state index in [1.165, 1.54) is 27.6 Å². The van der Waals surface area contributed by atoms with Crippen molar-refractivity contribution in [2.24, 2.45) is 0 Å². The third-order valence-corrected chi connectivity index (χ3v) is 7.37. The molecule has 6 nitrogen and oxygen atoms in total. The largest absolute Gasteiger partial charge is 0.503 e. The standard InChI is InChI=1S/C24H17ClN2O4S2/c1-2-31-15-8-5-13(6-9-15)20-19(21(28)17-4-3-11-32-17)22(29)23(30)27(20)24-26-16-10-7-14(25)12-18(16)33-24/h3-12,20,29H,2H2,1H3. The second kappa shape index (κ2) is 8.62. The minimum atomic E-state index is -0.834. The Kier molecular flexibility index (Phi) is 5.65. The molecule has 0 bridgehead atoms. The normalized spacial score (nSPS) is 16.1. The van der Waals surface area contributed by atoms with Crippen molar-refractivity contribution in [2.75, 3.05) is 11.5 Å². The Morgan fingerprint density at radius 3 is 2.70 bits per heavy atom. The van der Waals surface area contributed by atoms with Crippen LogP contribution in [-0.4, -0.2) is 28.4 Å². The van der Waals surface area contributed by atoms with Gasteiger partial charge in [0, 0.05) is 5.02 Å². The van der Waals surface area contributed by atoms with E-state index in [2.05, 4.69) is 4.98 Å². The van der Waals surface area contributed by atoms with Crippen molar-refractivity contribution in [1.82, 2.24) is 4.98 Å². The zero-order chi connectivity index (χ0) is 23.1. The molecule has 1 atom stereocenters. The van der Waals surface area contributed by atoms with Crippen LogP contribution < -0.4 is 9.64 Å². The lowest BCUT2D eigenvalue weighted by molar-refractivity contribution is -0.117. The Bertz CT molecular complexity index is 1390. The third-order valence-electron chi connectivity index (χ3n) is 5.25. The van der Waals surface area contributed by atoms with Crippen molar-refractivity contribution in [3.8, 4) is 5.75 Å². The fraction of sp³-hybridized carbons (Fsp3) is 0.125. The van der Waals surface area contributed by atoms with Crippen LogP contribution in [0.15, 0.2) is 71.3 Å². The Hall–Kier alpha value is -3.20. The fourth-order valence-electron chi connectivity index (χ4n) is 3.79. The molecule has 0 saturated carbocycles. The van der Waals surface area contributed by atoms with Gasteiger partial charge in [0.1, 0.15) is 5.75 Å². The average Bonchev–Trinajstić information content (AvgIpc) is 3.53. The van der Waals surface area contributed by atoms with E-state index in [-0.39, 0.29) is 11.4 Å². The molecule has 0 radical (unpaired) electrons. The number of aliphatic hydroxyl groups excluding tert-OH is 1. The number of ether oxygens (including phenoxy) is 1. The number of aliphatic hydroxyl groups is 1. The summed E-state index contributed by atoms with van der Waals surface area (Å²) in [6.07, 6.45) is 0. The predicted molar refractivity (Wildman–Crippen MR) is 131 cm³/mol. The van der Waals surface area contributed by atoms with Gasteiger partial charge in [-0.1, -0.05) is 41.1 Å². The molecule has 0 fully saturated rings. The average molecular weight is 497 g/mol.